The van der Waals surface area contributed by atoms with E-state index in [-0.39, 0.29) is 102 Å². The van der Waals surface area contributed by atoms with Crippen LogP contribution in [0.1, 0.15) is 0 Å². The molecular formula is C22H10N2Na2O8S2. The van der Waals surface area contributed by atoms with Crippen molar-refractivity contribution in [2.75, 3.05) is 0 Å². The van der Waals surface area contributed by atoms with E-state index in [0.717, 1.165) is 9.13 Å². The van der Waals surface area contributed by atoms with Gasteiger partial charge in [-0.2, -0.15) is 0 Å². The van der Waals surface area contributed by atoms with Crippen LogP contribution in [0.5, 0.6) is 0 Å². The topological polar surface area (TPSA) is 158 Å². The standard InChI is InChI=1S/C22H12N2O8S2.2Na/c25-19-15-9-17-18(22(28)24(21(17)27)12-3-7-14(8-4-12)34(31)32)10-16(15)20(26)23(19)11-1-5-13(6-2-11)33(29)30;;/h1-10H,(H,29,30)(H,31,32);;/q;2*+1/p-2. The number of hydrogen-bond acceptors (Lipinski definition) is 8. The minimum absolute atomic E-state index is 0. The van der Waals surface area contributed by atoms with Gasteiger partial charge in [0.15, 0.2) is 0 Å². The first-order valence-corrected chi connectivity index (χ1v) is 11.7. The van der Waals surface area contributed by atoms with Crippen LogP contribution < -0.4 is 81.4 Å². The van der Waals surface area contributed by atoms with Crippen molar-refractivity contribution >= 4 is 43.7 Å². The van der Waals surface area contributed by atoms with Crippen LogP contribution in [0.3, 0.4) is 0 Å². The Morgan fingerprint density at radius 2 is 0.750 bits per heavy atom. The SMILES string of the molecule is O=c1c2cc3c(=O)n(-c4ccc(S(=O)[O-])cc4)c(=O)c3cc2c(=O)n1-c1ccc(S(=O)[O-])cc1.[Na+].[Na+]. The van der Waals surface area contributed by atoms with Crippen LogP contribution in [0.4, 0.5) is 0 Å². The van der Waals surface area contributed by atoms with E-state index in [9.17, 15) is 36.7 Å². The summed E-state index contributed by atoms with van der Waals surface area (Å²) in [4.78, 5) is 51.9. The van der Waals surface area contributed by atoms with Gasteiger partial charge in [-0.1, -0.05) is 0 Å². The molecule has 0 bridgehead atoms. The van der Waals surface area contributed by atoms with Crippen molar-refractivity contribution in [1.29, 1.82) is 0 Å². The molecule has 0 spiro atoms. The molecule has 5 rings (SSSR count). The van der Waals surface area contributed by atoms with Crippen molar-refractivity contribution in [2.24, 2.45) is 0 Å². The Labute approximate surface area is 250 Å². The molecule has 14 heteroatoms. The zero-order valence-electron chi connectivity index (χ0n) is 18.8. The van der Waals surface area contributed by atoms with Gasteiger partial charge < -0.3 is 9.11 Å². The summed E-state index contributed by atoms with van der Waals surface area (Å²) in [5.74, 6) is 0. The van der Waals surface area contributed by atoms with E-state index in [1.807, 2.05) is 0 Å². The molecule has 3 aromatic carbocycles. The van der Waals surface area contributed by atoms with Gasteiger partial charge in [0.05, 0.1) is 32.9 Å². The third kappa shape index (κ3) is 4.63. The smallest absolute Gasteiger partial charge is 0.768 e. The van der Waals surface area contributed by atoms with E-state index in [1.54, 1.807) is 0 Å². The number of fused-ring (bicyclic) bond motifs is 2. The molecule has 2 unspecified atom stereocenters. The van der Waals surface area contributed by atoms with Crippen LogP contribution in [0.25, 0.3) is 32.9 Å². The quantitative estimate of drug-likeness (QED) is 0.161. The molecule has 0 aliphatic rings. The van der Waals surface area contributed by atoms with Gasteiger partial charge >= 0.3 is 59.1 Å². The molecule has 0 fully saturated rings. The molecule has 0 N–H and O–H groups in total. The molecule has 2 aromatic heterocycles. The molecule has 0 aliphatic carbocycles. The van der Waals surface area contributed by atoms with Gasteiger partial charge in [-0.25, -0.2) is 9.13 Å². The molecule has 2 heterocycles. The van der Waals surface area contributed by atoms with Gasteiger partial charge in [-0.15, -0.1) is 0 Å². The fourth-order valence-corrected chi connectivity index (χ4v) is 4.57. The van der Waals surface area contributed by atoms with Gasteiger partial charge in [0.2, 0.25) is 0 Å². The predicted octanol–water partition coefficient (Wildman–Crippen LogP) is -5.63. The summed E-state index contributed by atoms with van der Waals surface area (Å²) >= 11 is -4.95. The Balaban J connectivity index is 0.00000180. The minimum atomic E-state index is -2.48. The van der Waals surface area contributed by atoms with E-state index in [2.05, 4.69) is 0 Å². The first kappa shape index (κ1) is 28.7. The summed E-state index contributed by atoms with van der Waals surface area (Å²) in [7, 11) is 0. The first-order chi connectivity index (χ1) is 16.2. The minimum Gasteiger partial charge on any atom is -0.768 e. The van der Waals surface area contributed by atoms with Crippen molar-refractivity contribution in [3.63, 3.8) is 0 Å². The van der Waals surface area contributed by atoms with E-state index < -0.39 is 44.4 Å². The zero-order chi connectivity index (χ0) is 24.3. The normalized spacial score (nSPS) is 12.7. The van der Waals surface area contributed by atoms with E-state index >= 15 is 0 Å². The molecule has 0 saturated heterocycles. The average molecular weight is 540 g/mol. The summed E-state index contributed by atoms with van der Waals surface area (Å²) in [6.45, 7) is 0. The van der Waals surface area contributed by atoms with Crippen LogP contribution in [0.15, 0.2) is 89.6 Å². The molecule has 0 aliphatic heterocycles. The molecule has 10 nitrogen and oxygen atoms in total. The van der Waals surface area contributed by atoms with Gasteiger partial charge in [0.1, 0.15) is 0 Å². The van der Waals surface area contributed by atoms with Crippen LogP contribution in [-0.4, -0.2) is 26.7 Å². The Morgan fingerprint density at radius 1 is 0.500 bits per heavy atom. The second-order valence-corrected chi connectivity index (χ2v) is 9.17. The number of benzene rings is 3. The molecule has 0 radical (unpaired) electrons. The van der Waals surface area contributed by atoms with Gasteiger partial charge in [-0.05, 0) is 82.8 Å². The van der Waals surface area contributed by atoms with Crippen molar-refractivity contribution in [2.45, 2.75) is 9.79 Å². The maximum Gasteiger partial charge on any atom is 1.00 e. The molecule has 170 valence electrons. The number of nitrogens with zero attached hydrogens (tertiary/aromatic N) is 2. The fraction of sp³-hybridized carbons (Fsp3) is 0. The van der Waals surface area contributed by atoms with E-state index in [1.165, 1.54) is 60.7 Å². The van der Waals surface area contributed by atoms with Gasteiger partial charge in [0.25, 0.3) is 22.2 Å². The average Bonchev–Trinajstić information content (AvgIpc) is 3.22. The summed E-state index contributed by atoms with van der Waals surface area (Å²) < 4.78 is 45.9. The summed E-state index contributed by atoms with van der Waals surface area (Å²) in [6.07, 6.45) is 0. The summed E-state index contributed by atoms with van der Waals surface area (Å²) in [5, 5.41) is -0.277. The number of aromatic nitrogens is 2. The van der Waals surface area contributed by atoms with E-state index in [4.69, 9.17) is 0 Å². The predicted molar refractivity (Wildman–Crippen MR) is 122 cm³/mol. The van der Waals surface area contributed by atoms with Crippen molar-refractivity contribution in [1.82, 2.24) is 9.13 Å². The molecule has 0 amide bonds. The second-order valence-electron chi connectivity index (χ2n) is 7.29. The maximum atomic E-state index is 13.0. The fourth-order valence-electron chi connectivity index (χ4n) is 3.86. The van der Waals surface area contributed by atoms with Crippen LogP contribution in [-0.2, 0) is 22.2 Å². The van der Waals surface area contributed by atoms with Crippen molar-refractivity contribution in [3.8, 4) is 11.4 Å². The third-order valence-corrected chi connectivity index (χ3v) is 6.78. The summed E-state index contributed by atoms with van der Waals surface area (Å²) in [5.41, 5.74) is -2.62. The largest absolute Gasteiger partial charge is 1.00 e. The molecule has 2 atom stereocenters. The van der Waals surface area contributed by atoms with Gasteiger partial charge in [0, 0.05) is 9.79 Å². The molecular weight excluding hydrogens is 530 g/mol. The van der Waals surface area contributed by atoms with Crippen LogP contribution >= 0.6 is 0 Å². The van der Waals surface area contributed by atoms with Crippen molar-refractivity contribution < 1.29 is 76.6 Å². The second kappa shape index (κ2) is 10.9. The van der Waals surface area contributed by atoms with Crippen LogP contribution in [0, 0.1) is 0 Å². The zero-order valence-corrected chi connectivity index (χ0v) is 24.4. The van der Waals surface area contributed by atoms with Crippen LogP contribution in [0.2, 0.25) is 0 Å². The number of rotatable bonds is 4. The maximum absolute atomic E-state index is 13.0. The molecule has 0 saturated carbocycles. The monoisotopic (exact) mass is 540 g/mol. The third-order valence-electron chi connectivity index (χ3n) is 5.47. The van der Waals surface area contributed by atoms with E-state index in [0.29, 0.717) is 0 Å². The Bertz CT molecular complexity index is 1670. The van der Waals surface area contributed by atoms with Gasteiger partial charge in [-0.3, -0.25) is 27.6 Å². The Hall–Kier alpha value is -1.84. The number of hydrogen-bond donors (Lipinski definition) is 0. The Kier molecular flexibility index (Phi) is 8.68. The van der Waals surface area contributed by atoms with Crippen molar-refractivity contribution in [3.05, 3.63) is 102 Å². The molecule has 36 heavy (non-hydrogen) atoms. The first-order valence-electron chi connectivity index (χ1n) is 9.53. The Morgan fingerprint density at radius 3 is 0.972 bits per heavy atom. The summed E-state index contributed by atoms with van der Waals surface area (Å²) in [6, 6.07) is 12.5. The molecule has 5 aromatic rings.